The molecule has 2 heterocycles. The van der Waals surface area contributed by atoms with E-state index in [2.05, 4.69) is 16.8 Å². The molecule has 4 rings (SSSR count). The number of carbonyl (C=O) groups is 2. The average molecular weight is 368 g/mol. The van der Waals surface area contributed by atoms with E-state index in [4.69, 9.17) is 4.74 Å². The molecule has 1 amide bonds. The summed E-state index contributed by atoms with van der Waals surface area (Å²) >= 11 is 0. The number of anilines is 1. The van der Waals surface area contributed by atoms with Crippen molar-refractivity contribution in [2.45, 2.75) is 38.5 Å². The molecule has 5 nitrogen and oxygen atoms in total. The summed E-state index contributed by atoms with van der Waals surface area (Å²) in [4.78, 5) is 26.9. The summed E-state index contributed by atoms with van der Waals surface area (Å²) in [6, 6.07) is 7.88. The van der Waals surface area contributed by atoms with Crippen molar-refractivity contribution in [3.05, 3.63) is 42.0 Å². The van der Waals surface area contributed by atoms with Crippen molar-refractivity contribution in [3.8, 4) is 0 Å². The van der Waals surface area contributed by atoms with Crippen molar-refractivity contribution < 1.29 is 14.3 Å². The largest absolute Gasteiger partial charge is 0.465 e. The third-order valence-electron chi connectivity index (χ3n) is 6.28. The van der Waals surface area contributed by atoms with Gasteiger partial charge in [-0.2, -0.15) is 0 Å². The van der Waals surface area contributed by atoms with Crippen LogP contribution in [0.3, 0.4) is 0 Å². The highest BCUT2D eigenvalue weighted by Gasteiger charge is 2.55. The summed E-state index contributed by atoms with van der Waals surface area (Å²) in [5, 5.41) is 2.98. The zero-order valence-electron chi connectivity index (χ0n) is 15.8. The number of likely N-dealkylation sites (tertiary alicyclic amines) is 1. The third-order valence-corrected chi connectivity index (χ3v) is 6.28. The number of rotatable bonds is 5. The average Bonchev–Trinajstić information content (AvgIpc) is 3.12. The van der Waals surface area contributed by atoms with E-state index < -0.39 is 5.41 Å². The summed E-state index contributed by atoms with van der Waals surface area (Å²) in [6.07, 6.45) is 5.92. The second-order valence-electron chi connectivity index (χ2n) is 8.34. The number of nitrogens with one attached hydrogen (secondary N) is 1. The molecule has 2 atom stereocenters. The summed E-state index contributed by atoms with van der Waals surface area (Å²) in [5.74, 6) is 0.209. The summed E-state index contributed by atoms with van der Waals surface area (Å²) in [5.41, 5.74) is 2.62. The number of esters is 1. The number of hydrogen-bond acceptors (Lipinski definition) is 4. The molecule has 0 spiro atoms. The van der Waals surface area contributed by atoms with Crippen LogP contribution in [0.5, 0.6) is 0 Å². The molecule has 1 aliphatic carbocycles. The number of nitrogens with zero attached hydrogens (tertiary/aromatic N) is 1. The van der Waals surface area contributed by atoms with Crippen molar-refractivity contribution in [3.63, 3.8) is 0 Å². The molecule has 27 heavy (non-hydrogen) atoms. The van der Waals surface area contributed by atoms with Crippen LogP contribution >= 0.6 is 0 Å². The van der Waals surface area contributed by atoms with Gasteiger partial charge in [0.15, 0.2) is 0 Å². The number of piperidine rings is 1. The lowest BCUT2D eigenvalue weighted by Crippen LogP contribution is -2.36. The van der Waals surface area contributed by atoms with Crippen LogP contribution in [0.4, 0.5) is 5.69 Å². The lowest BCUT2D eigenvalue weighted by molar-refractivity contribution is -0.146. The van der Waals surface area contributed by atoms with Crippen molar-refractivity contribution >= 4 is 17.6 Å². The van der Waals surface area contributed by atoms with Crippen molar-refractivity contribution in [1.82, 2.24) is 4.90 Å². The van der Waals surface area contributed by atoms with Gasteiger partial charge in [-0.1, -0.05) is 30.7 Å². The van der Waals surface area contributed by atoms with E-state index in [0.29, 0.717) is 19.6 Å². The number of allylic oxidation sites excluding steroid dienone is 1. The quantitative estimate of drug-likeness (QED) is 0.641. The Morgan fingerprint density at radius 2 is 1.96 bits per heavy atom. The molecule has 1 saturated carbocycles. The predicted molar refractivity (Wildman–Crippen MR) is 104 cm³/mol. The minimum atomic E-state index is -0.434. The van der Waals surface area contributed by atoms with Gasteiger partial charge in [-0.05, 0) is 62.9 Å². The van der Waals surface area contributed by atoms with Crippen molar-refractivity contribution in [2.24, 2.45) is 11.3 Å². The van der Waals surface area contributed by atoms with Gasteiger partial charge in [0.2, 0.25) is 5.91 Å². The maximum Gasteiger partial charge on any atom is 0.313 e. The first-order valence-corrected chi connectivity index (χ1v) is 10.0. The molecule has 0 radical (unpaired) electrons. The summed E-state index contributed by atoms with van der Waals surface area (Å²) in [6.45, 7) is 7.09. The highest BCUT2D eigenvalue weighted by Crippen LogP contribution is 2.52. The second-order valence-corrected chi connectivity index (χ2v) is 8.34. The van der Waals surface area contributed by atoms with E-state index in [-0.39, 0.29) is 17.8 Å². The smallest absolute Gasteiger partial charge is 0.313 e. The van der Waals surface area contributed by atoms with Crippen molar-refractivity contribution in [1.29, 1.82) is 0 Å². The SMILES string of the molecule is C=C1C[C@@H]2COC(=O)[C@]2(Cc2ccc(NC(=O)CN3CCCCC3)cc2)C1. The fourth-order valence-electron chi connectivity index (χ4n) is 4.85. The van der Waals surface area contributed by atoms with E-state index in [1.807, 2.05) is 24.3 Å². The van der Waals surface area contributed by atoms with Gasteiger partial charge in [0.25, 0.3) is 0 Å². The fourth-order valence-corrected chi connectivity index (χ4v) is 4.85. The van der Waals surface area contributed by atoms with Gasteiger partial charge in [0.1, 0.15) is 0 Å². The molecular weight excluding hydrogens is 340 g/mol. The standard InChI is InChI=1S/C22H28N2O3/c1-16-11-18-15-27-21(26)22(18,12-16)13-17-5-7-19(8-6-17)23-20(25)14-24-9-3-2-4-10-24/h5-8,18H,1-4,9-15H2,(H,23,25)/t18-,22+/m1/s1. The van der Waals surface area contributed by atoms with Crippen LogP contribution in [0, 0.1) is 11.3 Å². The molecule has 1 aromatic carbocycles. The Morgan fingerprint density at radius 1 is 1.22 bits per heavy atom. The van der Waals surface area contributed by atoms with E-state index >= 15 is 0 Å². The Morgan fingerprint density at radius 3 is 2.70 bits per heavy atom. The Labute approximate surface area is 160 Å². The Kier molecular flexibility index (Phi) is 5.04. The summed E-state index contributed by atoms with van der Waals surface area (Å²) in [7, 11) is 0. The monoisotopic (exact) mass is 368 g/mol. The highest BCUT2D eigenvalue weighted by atomic mass is 16.5. The van der Waals surface area contributed by atoms with Gasteiger partial charge in [0.05, 0.1) is 18.6 Å². The number of fused-ring (bicyclic) bond motifs is 1. The number of hydrogen-bond donors (Lipinski definition) is 1. The minimum absolute atomic E-state index is 0.0368. The van der Waals surface area contributed by atoms with E-state index in [0.717, 1.165) is 42.8 Å². The number of benzene rings is 1. The highest BCUT2D eigenvalue weighted by molar-refractivity contribution is 5.92. The lowest BCUT2D eigenvalue weighted by Gasteiger charge is -2.25. The maximum absolute atomic E-state index is 12.4. The van der Waals surface area contributed by atoms with Gasteiger partial charge in [-0.3, -0.25) is 14.5 Å². The molecular formula is C22H28N2O3. The van der Waals surface area contributed by atoms with Crippen LogP contribution in [-0.4, -0.2) is 43.0 Å². The number of ether oxygens (including phenoxy) is 1. The number of carbonyl (C=O) groups excluding carboxylic acids is 2. The van der Waals surface area contributed by atoms with Gasteiger partial charge < -0.3 is 10.1 Å². The molecule has 0 bridgehead atoms. The zero-order valence-corrected chi connectivity index (χ0v) is 15.8. The van der Waals surface area contributed by atoms with E-state index in [1.165, 1.54) is 19.3 Å². The topological polar surface area (TPSA) is 58.6 Å². The molecule has 5 heteroatoms. The zero-order chi connectivity index (χ0) is 18.9. The molecule has 1 aromatic rings. The number of cyclic esters (lactones) is 1. The van der Waals surface area contributed by atoms with E-state index in [1.54, 1.807) is 0 Å². The lowest BCUT2D eigenvalue weighted by atomic mass is 9.75. The van der Waals surface area contributed by atoms with Crippen LogP contribution in [0.15, 0.2) is 36.4 Å². The molecule has 144 valence electrons. The van der Waals surface area contributed by atoms with Crippen LogP contribution in [0.1, 0.15) is 37.7 Å². The molecule has 3 aliphatic rings. The first-order valence-electron chi connectivity index (χ1n) is 10.0. The normalized spacial score (nSPS) is 28.1. The molecule has 3 fully saturated rings. The molecule has 2 saturated heterocycles. The van der Waals surface area contributed by atoms with Gasteiger partial charge >= 0.3 is 5.97 Å². The second kappa shape index (κ2) is 7.47. The molecule has 0 aromatic heterocycles. The Bertz CT molecular complexity index is 736. The van der Waals surface area contributed by atoms with Crippen molar-refractivity contribution in [2.75, 3.05) is 31.6 Å². The molecule has 2 aliphatic heterocycles. The fraction of sp³-hybridized carbons (Fsp3) is 0.545. The first kappa shape index (κ1) is 18.2. The van der Waals surface area contributed by atoms with Crippen LogP contribution in [0.25, 0.3) is 0 Å². The van der Waals surface area contributed by atoms with Gasteiger partial charge in [-0.25, -0.2) is 0 Å². The summed E-state index contributed by atoms with van der Waals surface area (Å²) < 4.78 is 5.35. The van der Waals surface area contributed by atoms with Gasteiger partial charge in [0, 0.05) is 11.6 Å². The Balaban J connectivity index is 1.37. The minimum Gasteiger partial charge on any atom is -0.465 e. The first-order chi connectivity index (χ1) is 13.0. The maximum atomic E-state index is 12.4. The molecule has 0 unspecified atom stereocenters. The third kappa shape index (κ3) is 3.79. The van der Waals surface area contributed by atoms with Gasteiger partial charge in [-0.15, -0.1) is 0 Å². The molecule has 1 N–H and O–H groups in total. The van der Waals surface area contributed by atoms with Crippen LogP contribution in [0.2, 0.25) is 0 Å². The number of amides is 1. The Hall–Kier alpha value is -2.14. The van der Waals surface area contributed by atoms with E-state index in [9.17, 15) is 9.59 Å². The van der Waals surface area contributed by atoms with Crippen LogP contribution in [-0.2, 0) is 20.7 Å². The predicted octanol–water partition coefficient (Wildman–Crippen LogP) is 3.16. The van der Waals surface area contributed by atoms with Crippen LogP contribution < -0.4 is 5.32 Å².